The van der Waals surface area contributed by atoms with E-state index >= 15 is 0 Å². The van der Waals surface area contributed by atoms with E-state index in [9.17, 15) is 9.90 Å². The molecule has 4 aliphatic carbocycles. The molecule has 4 fully saturated rings. The Hall–Kier alpha value is -2.15. The number of carbonyl (C=O) groups excluding carboxylic acids is 1. The van der Waals surface area contributed by atoms with Gasteiger partial charge in [0.05, 0.1) is 12.7 Å². The SMILES string of the molecule is COc1ccc(C(=O)Nc2nnc(C34CC5CC(CC(C5)C3)C4)s2)c(O)c1. The van der Waals surface area contributed by atoms with Gasteiger partial charge in [-0.2, -0.15) is 0 Å². The third-order valence-corrected chi connectivity index (χ3v) is 7.67. The first-order chi connectivity index (χ1) is 13.0. The Balaban J connectivity index is 1.35. The van der Waals surface area contributed by atoms with E-state index in [0.717, 1.165) is 22.8 Å². The number of rotatable bonds is 4. The van der Waals surface area contributed by atoms with E-state index in [0.29, 0.717) is 10.9 Å². The number of ether oxygens (including phenoxy) is 1. The van der Waals surface area contributed by atoms with Crippen LogP contribution in [0.5, 0.6) is 11.5 Å². The molecular formula is C20H23N3O3S. The molecule has 1 amide bonds. The van der Waals surface area contributed by atoms with Crippen molar-refractivity contribution < 1.29 is 14.6 Å². The van der Waals surface area contributed by atoms with Crippen LogP contribution in [-0.2, 0) is 5.41 Å². The Morgan fingerprint density at radius 2 is 1.85 bits per heavy atom. The van der Waals surface area contributed by atoms with Gasteiger partial charge in [0.2, 0.25) is 5.13 Å². The number of hydrogen-bond acceptors (Lipinski definition) is 6. The summed E-state index contributed by atoms with van der Waals surface area (Å²) >= 11 is 1.50. The second kappa shape index (κ2) is 6.19. The fourth-order valence-corrected chi connectivity index (χ4v) is 6.81. The average molecular weight is 385 g/mol. The number of nitrogens with zero attached hydrogens (tertiary/aromatic N) is 2. The summed E-state index contributed by atoms with van der Waals surface area (Å²) in [6, 6.07) is 4.62. The third-order valence-electron chi connectivity index (χ3n) is 6.59. The average Bonchev–Trinajstić information content (AvgIpc) is 3.09. The molecule has 27 heavy (non-hydrogen) atoms. The van der Waals surface area contributed by atoms with Gasteiger partial charge < -0.3 is 9.84 Å². The quantitative estimate of drug-likeness (QED) is 0.832. The Morgan fingerprint density at radius 3 is 2.44 bits per heavy atom. The number of methoxy groups -OCH3 is 1. The van der Waals surface area contributed by atoms with Crippen molar-refractivity contribution >= 4 is 22.4 Å². The molecule has 7 heteroatoms. The maximum Gasteiger partial charge on any atom is 0.261 e. The number of hydrogen-bond donors (Lipinski definition) is 2. The van der Waals surface area contributed by atoms with Crippen LogP contribution in [0.15, 0.2) is 18.2 Å². The Morgan fingerprint density at radius 1 is 1.19 bits per heavy atom. The van der Waals surface area contributed by atoms with Crippen molar-refractivity contribution in [1.82, 2.24) is 10.2 Å². The number of anilines is 1. The summed E-state index contributed by atoms with van der Waals surface area (Å²) in [5.74, 6) is 2.53. The number of benzene rings is 1. The highest BCUT2D eigenvalue weighted by molar-refractivity contribution is 7.15. The third kappa shape index (κ3) is 2.88. The fourth-order valence-electron chi connectivity index (χ4n) is 5.86. The molecule has 4 saturated carbocycles. The zero-order valence-electron chi connectivity index (χ0n) is 15.3. The minimum atomic E-state index is -0.386. The van der Waals surface area contributed by atoms with E-state index in [1.54, 1.807) is 12.1 Å². The lowest BCUT2D eigenvalue weighted by atomic mass is 9.50. The van der Waals surface area contributed by atoms with Crippen LogP contribution in [0.3, 0.4) is 0 Å². The monoisotopic (exact) mass is 385 g/mol. The van der Waals surface area contributed by atoms with Gasteiger partial charge in [-0.05, 0) is 68.4 Å². The van der Waals surface area contributed by atoms with E-state index in [2.05, 4.69) is 15.5 Å². The molecule has 142 valence electrons. The highest BCUT2D eigenvalue weighted by Gasteiger charge is 2.53. The van der Waals surface area contributed by atoms with Crippen LogP contribution in [0.2, 0.25) is 0 Å². The first-order valence-corrected chi connectivity index (χ1v) is 10.4. The minimum Gasteiger partial charge on any atom is -0.507 e. The predicted molar refractivity (Wildman–Crippen MR) is 102 cm³/mol. The summed E-state index contributed by atoms with van der Waals surface area (Å²) in [6.45, 7) is 0. The van der Waals surface area contributed by atoms with Crippen LogP contribution in [0.4, 0.5) is 5.13 Å². The maximum absolute atomic E-state index is 12.5. The lowest BCUT2D eigenvalue weighted by Gasteiger charge is -2.55. The van der Waals surface area contributed by atoms with Gasteiger partial charge in [0, 0.05) is 11.5 Å². The molecule has 1 aromatic carbocycles. The smallest absolute Gasteiger partial charge is 0.261 e. The van der Waals surface area contributed by atoms with Gasteiger partial charge in [0.15, 0.2) is 0 Å². The van der Waals surface area contributed by atoms with Gasteiger partial charge in [-0.15, -0.1) is 10.2 Å². The van der Waals surface area contributed by atoms with E-state index in [4.69, 9.17) is 4.74 Å². The topological polar surface area (TPSA) is 84.3 Å². The highest BCUT2D eigenvalue weighted by Crippen LogP contribution is 2.61. The van der Waals surface area contributed by atoms with Crippen LogP contribution in [-0.4, -0.2) is 28.3 Å². The molecule has 4 aliphatic rings. The van der Waals surface area contributed by atoms with Gasteiger partial charge >= 0.3 is 0 Å². The molecule has 2 N–H and O–H groups in total. The lowest BCUT2D eigenvalue weighted by Crippen LogP contribution is -2.48. The molecule has 0 saturated heterocycles. The largest absolute Gasteiger partial charge is 0.507 e. The Bertz CT molecular complexity index is 859. The minimum absolute atomic E-state index is 0.113. The first kappa shape index (κ1) is 17.0. The second-order valence-corrected chi connectivity index (χ2v) is 9.42. The number of amides is 1. The van der Waals surface area contributed by atoms with Gasteiger partial charge in [0.1, 0.15) is 16.5 Å². The number of nitrogens with one attached hydrogen (secondary N) is 1. The van der Waals surface area contributed by atoms with Gasteiger partial charge in [-0.3, -0.25) is 10.1 Å². The zero-order valence-corrected chi connectivity index (χ0v) is 16.1. The number of aromatic hydroxyl groups is 1. The summed E-state index contributed by atoms with van der Waals surface area (Å²) in [5, 5.41) is 23.1. The predicted octanol–water partition coefficient (Wildman–Crippen LogP) is 3.97. The summed E-state index contributed by atoms with van der Waals surface area (Å²) in [5.41, 5.74) is 0.375. The van der Waals surface area contributed by atoms with E-state index in [1.807, 2.05) is 0 Å². The van der Waals surface area contributed by atoms with E-state index < -0.39 is 0 Å². The number of aromatic nitrogens is 2. The molecular weight excluding hydrogens is 362 g/mol. The van der Waals surface area contributed by atoms with Gasteiger partial charge in [-0.1, -0.05) is 11.3 Å². The summed E-state index contributed by atoms with van der Waals surface area (Å²) in [7, 11) is 1.52. The molecule has 0 unspecified atom stereocenters. The van der Waals surface area contributed by atoms with Crippen LogP contribution >= 0.6 is 11.3 Å². The number of phenols is 1. The van der Waals surface area contributed by atoms with Crippen LogP contribution in [0, 0.1) is 17.8 Å². The van der Waals surface area contributed by atoms with Crippen molar-refractivity contribution in [2.24, 2.45) is 17.8 Å². The van der Waals surface area contributed by atoms with Gasteiger partial charge in [-0.25, -0.2) is 0 Å². The van der Waals surface area contributed by atoms with E-state index in [1.165, 1.54) is 63.0 Å². The van der Waals surface area contributed by atoms with Crippen LogP contribution < -0.4 is 10.1 Å². The maximum atomic E-state index is 12.5. The van der Waals surface area contributed by atoms with Crippen LogP contribution in [0.1, 0.15) is 53.9 Å². The number of phenolic OH excluding ortho intramolecular Hbond substituents is 1. The van der Waals surface area contributed by atoms with E-state index in [-0.39, 0.29) is 22.6 Å². The molecule has 1 heterocycles. The highest BCUT2D eigenvalue weighted by atomic mass is 32.1. The van der Waals surface area contributed by atoms with Crippen molar-refractivity contribution in [3.8, 4) is 11.5 Å². The molecule has 0 spiro atoms. The van der Waals surface area contributed by atoms with Crippen molar-refractivity contribution in [2.45, 2.75) is 43.9 Å². The van der Waals surface area contributed by atoms with Crippen molar-refractivity contribution in [2.75, 3.05) is 12.4 Å². The zero-order chi connectivity index (χ0) is 18.6. The second-order valence-electron chi connectivity index (χ2n) is 8.45. The Labute approximate surface area is 162 Å². The molecule has 0 aliphatic heterocycles. The number of carbonyl (C=O) groups is 1. The molecule has 6 rings (SSSR count). The normalized spacial score (nSPS) is 31.1. The molecule has 0 atom stereocenters. The standard InChI is InChI=1S/C20H23N3O3S/c1-26-14-2-3-15(16(24)7-14)17(25)21-19-23-22-18(27-19)20-8-11-4-12(9-20)6-13(5-11)10-20/h2-3,7,11-13,24H,4-6,8-10H2,1H3,(H,21,23,25). The summed E-state index contributed by atoms with van der Waals surface area (Å²) in [4.78, 5) is 12.5. The first-order valence-electron chi connectivity index (χ1n) is 9.57. The molecule has 1 aromatic heterocycles. The molecule has 6 nitrogen and oxygen atoms in total. The van der Waals surface area contributed by atoms with Gasteiger partial charge in [0.25, 0.3) is 5.91 Å². The summed E-state index contributed by atoms with van der Waals surface area (Å²) in [6.07, 6.45) is 7.83. The molecule has 4 bridgehead atoms. The van der Waals surface area contributed by atoms with Crippen molar-refractivity contribution in [3.05, 3.63) is 28.8 Å². The fraction of sp³-hybridized carbons (Fsp3) is 0.550. The van der Waals surface area contributed by atoms with Crippen molar-refractivity contribution in [3.63, 3.8) is 0 Å². The molecule has 0 radical (unpaired) electrons. The van der Waals surface area contributed by atoms with Crippen LogP contribution in [0.25, 0.3) is 0 Å². The molecule has 2 aromatic rings. The summed E-state index contributed by atoms with van der Waals surface area (Å²) < 4.78 is 5.06. The van der Waals surface area contributed by atoms with Crippen molar-refractivity contribution in [1.29, 1.82) is 0 Å². The lowest BCUT2D eigenvalue weighted by molar-refractivity contribution is -0.00555. The Kier molecular flexibility index (Phi) is 3.89.